The number of carbonyl (C=O) groups excluding carboxylic acids is 1. The van der Waals surface area contributed by atoms with E-state index in [4.69, 9.17) is 5.14 Å². The first-order valence-electron chi connectivity index (χ1n) is 6.75. The van der Waals surface area contributed by atoms with Crippen molar-refractivity contribution in [3.8, 4) is 0 Å². The van der Waals surface area contributed by atoms with E-state index >= 15 is 0 Å². The summed E-state index contributed by atoms with van der Waals surface area (Å²) in [6, 6.07) is 8.82. The first kappa shape index (κ1) is 16.7. The van der Waals surface area contributed by atoms with Crippen LogP contribution in [-0.4, -0.2) is 20.9 Å². The van der Waals surface area contributed by atoms with Gasteiger partial charge >= 0.3 is 0 Å². The fraction of sp³-hybridized carbons (Fsp3) is 0.267. The molecule has 3 N–H and O–H groups in total. The number of primary sulfonamides is 1. The van der Waals surface area contributed by atoms with Crippen LogP contribution in [0.3, 0.4) is 0 Å². The molecule has 0 aliphatic rings. The third-order valence-corrected chi connectivity index (χ3v) is 6.01. The van der Waals surface area contributed by atoms with Crippen molar-refractivity contribution < 1.29 is 13.2 Å². The van der Waals surface area contributed by atoms with Gasteiger partial charge in [0.15, 0.2) is 0 Å². The Morgan fingerprint density at radius 1 is 1.23 bits per heavy atom. The maximum atomic E-state index is 12.1. The lowest BCUT2D eigenvalue weighted by Crippen LogP contribution is -2.26. The molecule has 0 aliphatic carbocycles. The van der Waals surface area contributed by atoms with E-state index in [1.165, 1.54) is 6.07 Å². The SMILES string of the molecule is Cc1cccc(C(=O)NCCc2ccc(S(N)(=O)=O)s2)c1C. The summed E-state index contributed by atoms with van der Waals surface area (Å²) in [5, 5.41) is 7.92. The Morgan fingerprint density at radius 3 is 2.59 bits per heavy atom. The number of sulfonamides is 1. The first-order chi connectivity index (χ1) is 10.3. The number of aryl methyl sites for hydroxylation is 1. The van der Waals surface area contributed by atoms with Crippen LogP contribution < -0.4 is 10.5 Å². The van der Waals surface area contributed by atoms with Crippen LogP contribution in [0.2, 0.25) is 0 Å². The zero-order valence-electron chi connectivity index (χ0n) is 12.4. The Kier molecular flexibility index (Phi) is 5.00. The maximum absolute atomic E-state index is 12.1. The number of rotatable bonds is 5. The molecule has 1 aromatic carbocycles. The Bertz CT molecular complexity index is 795. The molecule has 0 saturated heterocycles. The molecule has 2 rings (SSSR count). The lowest BCUT2D eigenvalue weighted by molar-refractivity contribution is 0.0953. The highest BCUT2D eigenvalue weighted by molar-refractivity contribution is 7.91. The third kappa shape index (κ3) is 3.94. The van der Waals surface area contributed by atoms with Crippen molar-refractivity contribution in [2.75, 3.05) is 6.54 Å². The second kappa shape index (κ2) is 6.60. The molecule has 0 spiro atoms. The maximum Gasteiger partial charge on any atom is 0.251 e. The molecular formula is C15H18N2O3S2. The summed E-state index contributed by atoms with van der Waals surface area (Å²) in [6.07, 6.45) is 0.566. The van der Waals surface area contributed by atoms with E-state index in [0.29, 0.717) is 18.5 Å². The highest BCUT2D eigenvalue weighted by atomic mass is 32.2. The fourth-order valence-electron chi connectivity index (χ4n) is 2.04. The topological polar surface area (TPSA) is 89.3 Å². The van der Waals surface area contributed by atoms with Crippen molar-refractivity contribution in [2.45, 2.75) is 24.5 Å². The highest BCUT2D eigenvalue weighted by Crippen LogP contribution is 2.20. The van der Waals surface area contributed by atoms with Crippen LogP contribution in [0.15, 0.2) is 34.5 Å². The van der Waals surface area contributed by atoms with Crippen LogP contribution in [-0.2, 0) is 16.4 Å². The van der Waals surface area contributed by atoms with Gasteiger partial charge in [0.2, 0.25) is 10.0 Å². The molecule has 22 heavy (non-hydrogen) atoms. The van der Waals surface area contributed by atoms with Crippen molar-refractivity contribution in [3.63, 3.8) is 0 Å². The molecular weight excluding hydrogens is 320 g/mol. The fourth-order valence-corrected chi connectivity index (χ4v) is 3.82. The van der Waals surface area contributed by atoms with Crippen LogP contribution >= 0.6 is 11.3 Å². The van der Waals surface area contributed by atoms with E-state index in [9.17, 15) is 13.2 Å². The van der Waals surface area contributed by atoms with Crippen molar-refractivity contribution in [2.24, 2.45) is 5.14 Å². The van der Waals surface area contributed by atoms with Crippen LogP contribution in [0, 0.1) is 13.8 Å². The van der Waals surface area contributed by atoms with E-state index < -0.39 is 10.0 Å². The molecule has 0 fully saturated rings. The summed E-state index contributed by atoms with van der Waals surface area (Å²) in [6.45, 7) is 4.32. The molecule has 0 aliphatic heterocycles. The Balaban J connectivity index is 1.95. The molecule has 1 heterocycles. The average Bonchev–Trinajstić information content (AvgIpc) is 2.90. The first-order valence-corrected chi connectivity index (χ1v) is 9.11. The number of amides is 1. The molecule has 7 heteroatoms. The number of hydrogen-bond donors (Lipinski definition) is 2. The largest absolute Gasteiger partial charge is 0.352 e. The van der Waals surface area contributed by atoms with Crippen molar-refractivity contribution >= 4 is 27.3 Å². The van der Waals surface area contributed by atoms with Gasteiger partial charge in [0.1, 0.15) is 4.21 Å². The van der Waals surface area contributed by atoms with E-state index in [1.54, 1.807) is 12.1 Å². The van der Waals surface area contributed by atoms with Gasteiger partial charge < -0.3 is 5.32 Å². The number of hydrogen-bond acceptors (Lipinski definition) is 4. The van der Waals surface area contributed by atoms with Gasteiger partial charge in [-0.2, -0.15) is 0 Å². The second-order valence-electron chi connectivity index (χ2n) is 5.02. The van der Waals surface area contributed by atoms with E-state index in [-0.39, 0.29) is 10.1 Å². The van der Waals surface area contributed by atoms with Crippen molar-refractivity contribution in [1.29, 1.82) is 0 Å². The predicted molar refractivity (Wildman–Crippen MR) is 87.6 cm³/mol. The molecule has 118 valence electrons. The lowest BCUT2D eigenvalue weighted by atomic mass is 10.0. The standard InChI is InChI=1S/C15H18N2O3S2/c1-10-4-3-5-13(11(10)2)15(18)17-9-8-12-6-7-14(21-12)22(16,19)20/h3-7H,8-9H2,1-2H3,(H,17,18)(H2,16,19,20). The third-order valence-electron chi connectivity index (χ3n) is 3.42. The molecule has 0 atom stereocenters. The number of benzene rings is 1. The smallest absolute Gasteiger partial charge is 0.251 e. The van der Waals surface area contributed by atoms with E-state index in [2.05, 4.69) is 5.32 Å². The quantitative estimate of drug-likeness (QED) is 0.873. The summed E-state index contributed by atoms with van der Waals surface area (Å²) >= 11 is 1.13. The van der Waals surface area contributed by atoms with Gasteiger partial charge in [-0.25, -0.2) is 13.6 Å². The van der Waals surface area contributed by atoms with Gasteiger partial charge in [0, 0.05) is 17.0 Å². The Labute approximate surface area is 134 Å². The summed E-state index contributed by atoms with van der Waals surface area (Å²) in [5.41, 5.74) is 2.70. The average molecular weight is 338 g/mol. The minimum Gasteiger partial charge on any atom is -0.352 e. The molecule has 0 saturated carbocycles. The van der Waals surface area contributed by atoms with Crippen LogP contribution in [0.4, 0.5) is 0 Å². The molecule has 2 aromatic rings. The number of nitrogens with two attached hydrogens (primary N) is 1. The van der Waals surface area contributed by atoms with E-state index in [0.717, 1.165) is 27.3 Å². The zero-order chi connectivity index (χ0) is 16.3. The molecule has 0 unspecified atom stereocenters. The highest BCUT2D eigenvalue weighted by Gasteiger charge is 2.12. The molecule has 1 aromatic heterocycles. The van der Waals surface area contributed by atoms with Gasteiger partial charge in [-0.3, -0.25) is 4.79 Å². The lowest BCUT2D eigenvalue weighted by Gasteiger charge is -2.09. The summed E-state index contributed by atoms with van der Waals surface area (Å²) < 4.78 is 22.5. The van der Waals surface area contributed by atoms with Crippen LogP contribution in [0.1, 0.15) is 26.4 Å². The van der Waals surface area contributed by atoms with Crippen LogP contribution in [0.5, 0.6) is 0 Å². The van der Waals surface area contributed by atoms with E-state index in [1.807, 2.05) is 26.0 Å². The minimum absolute atomic E-state index is 0.121. The van der Waals surface area contributed by atoms with Crippen molar-refractivity contribution in [1.82, 2.24) is 5.32 Å². The molecule has 0 bridgehead atoms. The molecule has 0 radical (unpaired) electrons. The van der Waals surface area contributed by atoms with Gasteiger partial charge in [0.25, 0.3) is 5.91 Å². The van der Waals surface area contributed by atoms with Gasteiger partial charge in [-0.1, -0.05) is 12.1 Å². The Hall–Kier alpha value is -1.70. The molecule has 5 nitrogen and oxygen atoms in total. The second-order valence-corrected chi connectivity index (χ2v) is 7.98. The molecule has 1 amide bonds. The van der Waals surface area contributed by atoms with Crippen molar-refractivity contribution in [3.05, 3.63) is 51.9 Å². The van der Waals surface area contributed by atoms with Gasteiger partial charge in [-0.05, 0) is 49.6 Å². The normalized spacial score (nSPS) is 11.4. The number of carbonyl (C=O) groups is 1. The summed E-state index contributed by atoms with van der Waals surface area (Å²) in [4.78, 5) is 13.0. The number of thiophene rings is 1. The minimum atomic E-state index is -3.65. The van der Waals surface area contributed by atoms with Crippen LogP contribution in [0.25, 0.3) is 0 Å². The zero-order valence-corrected chi connectivity index (χ0v) is 14.1. The Morgan fingerprint density at radius 2 is 1.95 bits per heavy atom. The summed E-state index contributed by atoms with van der Waals surface area (Å²) in [5.74, 6) is -0.121. The van der Waals surface area contributed by atoms with Gasteiger partial charge in [-0.15, -0.1) is 11.3 Å². The predicted octanol–water partition coefficient (Wildman–Crippen LogP) is 1.98. The summed E-state index contributed by atoms with van der Waals surface area (Å²) in [7, 11) is -3.65. The number of nitrogens with one attached hydrogen (secondary N) is 1. The monoisotopic (exact) mass is 338 g/mol. The van der Waals surface area contributed by atoms with Gasteiger partial charge in [0.05, 0.1) is 0 Å².